The van der Waals surface area contributed by atoms with Crippen LogP contribution in [0.15, 0.2) is 15.8 Å². The Labute approximate surface area is 105 Å². The van der Waals surface area contributed by atoms with E-state index in [1.807, 2.05) is 0 Å². The minimum atomic E-state index is -0.467. The molecule has 0 radical (unpaired) electrons. The van der Waals surface area contributed by atoms with Gasteiger partial charge in [0.1, 0.15) is 0 Å². The van der Waals surface area contributed by atoms with E-state index in [0.29, 0.717) is 18.4 Å². The first-order chi connectivity index (χ1) is 8.50. The maximum Gasteiger partial charge on any atom is 0.328 e. The number of Topliss-reactive ketones (excluding diaryl/α,β-unsaturated/α-hetero) is 1. The zero-order valence-corrected chi connectivity index (χ0v) is 10.7. The molecule has 0 amide bonds. The molecule has 1 aromatic rings. The average Bonchev–Trinajstić information content (AvgIpc) is 2.69. The van der Waals surface area contributed by atoms with Gasteiger partial charge in [0.2, 0.25) is 0 Å². The van der Waals surface area contributed by atoms with Gasteiger partial charge in [0.25, 0.3) is 5.56 Å². The summed E-state index contributed by atoms with van der Waals surface area (Å²) in [7, 11) is 0. The van der Waals surface area contributed by atoms with Crippen molar-refractivity contribution < 1.29 is 4.79 Å². The number of aromatic nitrogens is 2. The summed E-state index contributed by atoms with van der Waals surface area (Å²) in [5, 5.41) is 0. The highest BCUT2D eigenvalue weighted by molar-refractivity contribution is 5.93. The van der Waals surface area contributed by atoms with Gasteiger partial charge in [-0.2, -0.15) is 0 Å². The molecule has 1 saturated carbocycles. The van der Waals surface area contributed by atoms with Crippen LogP contribution in [0.25, 0.3) is 0 Å². The summed E-state index contributed by atoms with van der Waals surface area (Å²) >= 11 is 0. The molecule has 0 aromatic carbocycles. The zero-order chi connectivity index (χ0) is 13.3. The fraction of sp³-hybridized carbons (Fsp3) is 0.615. The van der Waals surface area contributed by atoms with E-state index in [0.717, 1.165) is 19.3 Å². The molecule has 1 aliphatic rings. The van der Waals surface area contributed by atoms with Gasteiger partial charge in [0, 0.05) is 12.7 Å². The summed E-state index contributed by atoms with van der Waals surface area (Å²) in [6.45, 7) is 3.89. The highest BCUT2D eigenvalue weighted by Crippen LogP contribution is 2.31. The van der Waals surface area contributed by atoms with Crippen molar-refractivity contribution in [3.63, 3.8) is 0 Å². The largest absolute Gasteiger partial charge is 0.328 e. The van der Waals surface area contributed by atoms with Crippen LogP contribution >= 0.6 is 0 Å². The van der Waals surface area contributed by atoms with Crippen LogP contribution in [0.2, 0.25) is 0 Å². The van der Waals surface area contributed by atoms with Crippen LogP contribution in [-0.2, 0) is 6.54 Å². The molecule has 2 atom stereocenters. The number of carbonyl (C=O) groups is 1. The summed E-state index contributed by atoms with van der Waals surface area (Å²) in [6, 6.07) is 0. The molecule has 0 bridgehead atoms. The molecule has 1 aromatic heterocycles. The SMILES string of the molecule is CC(=O)c1c[nH]c(=O)n(CC2CCCC2C)c1=O. The smallest absolute Gasteiger partial charge is 0.313 e. The molecule has 2 rings (SSSR count). The van der Waals surface area contributed by atoms with Crippen LogP contribution in [0, 0.1) is 11.8 Å². The molecule has 0 spiro atoms. The van der Waals surface area contributed by atoms with E-state index in [1.165, 1.54) is 17.7 Å². The molecule has 98 valence electrons. The number of hydrogen-bond acceptors (Lipinski definition) is 3. The second-order valence-corrected chi connectivity index (χ2v) is 5.15. The molecule has 0 aliphatic heterocycles. The summed E-state index contributed by atoms with van der Waals surface area (Å²) in [4.78, 5) is 37.5. The Kier molecular flexibility index (Phi) is 3.50. The number of nitrogens with one attached hydrogen (secondary N) is 1. The van der Waals surface area contributed by atoms with E-state index in [4.69, 9.17) is 0 Å². The highest BCUT2D eigenvalue weighted by atomic mass is 16.2. The normalized spacial score (nSPS) is 23.2. The van der Waals surface area contributed by atoms with E-state index in [-0.39, 0.29) is 11.3 Å². The molecule has 0 saturated heterocycles. The van der Waals surface area contributed by atoms with Gasteiger partial charge in [-0.05, 0) is 25.2 Å². The van der Waals surface area contributed by atoms with Crippen molar-refractivity contribution >= 4 is 5.78 Å². The maximum absolute atomic E-state index is 12.0. The fourth-order valence-corrected chi connectivity index (χ4v) is 2.66. The Balaban J connectivity index is 2.38. The Morgan fingerprint density at radius 3 is 2.72 bits per heavy atom. The number of rotatable bonds is 3. The van der Waals surface area contributed by atoms with Gasteiger partial charge in [0.15, 0.2) is 5.78 Å². The van der Waals surface area contributed by atoms with Crippen LogP contribution in [0.5, 0.6) is 0 Å². The predicted octanol–water partition coefficient (Wildman–Crippen LogP) is 1.18. The standard InChI is InChI=1S/C13H18N2O3/c1-8-4-3-5-10(8)7-15-12(17)11(9(2)16)6-14-13(15)18/h6,8,10H,3-5,7H2,1-2H3,(H,14,18). The molecule has 5 nitrogen and oxygen atoms in total. The second kappa shape index (κ2) is 4.92. The Morgan fingerprint density at radius 2 is 2.17 bits per heavy atom. The number of carbonyl (C=O) groups excluding carboxylic acids is 1. The molecular formula is C13H18N2O3. The van der Waals surface area contributed by atoms with Crippen molar-refractivity contribution in [2.24, 2.45) is 11.8 Å². The van der Waals surface area contributed by atoms with Crippen LogP contribution in [0.3, 0.4) is 0 Å². The quantitative estimate of drug-likeness (QED) is 0.819. The molecule has 2 unspecified atom stereocenters. The van der Waals surface area contributed by atoms with Gasteiger partial charge in [-0.15, -0.1) is 0 Å². The highest BCUT2D eigenvalue weighted by Gasteiger charge is 2.25. The monoisotopic (exact) mass is 250 g/mol. The number of H-pyrrole nitrogens is 1. The van der Waals surface area contributed by atoms with Crippen molar-refractivity contribution in [2.75, 3.05) is 0 Å². The molecule has 1 fully saturated rings. The number of hydrogen-bond donors (Lipinski definition) is 1. The minimum Gasteiger partial charge on any atom is -0.313 e. The molecule has 5 heteroatoms. The van der Waals surface area contributed by atoms with Gasteiger partial charge in [-0.3, -0.25) is 14.2 Å². The molecule has 18 heavy (non-hydrogen) atoms. The first-order valence-corrected chi connectivity index (χ1v) is 6.34. The lowest BCUT2D eigenvalue weighted by molar-refractivity contribution is 0.101. The lowest BCUT2D eigenvalue weighted by Crippen LogP contribution is -2.39. The summed E-state index contributed by atoms with van der Waals surface area (Å²) in [5.41, 5.74) is -0.838. The van der Waals surface area contributed by atoms with Crippen molar-refractivity contribution in [2.45, 2.75) is 39.7 Å². The van der Waals surface area contributed by atoms with Gasteiger partial charge in [0.05, 0.1) is 5.56 Å². The maximum atomic E-state index is 12.0. The summed E-state index contributed by atoms with van der Waals surface area (Å²) in [5.74, 6) is 0.563. The minimum absolute atomic E-state index is 0.0558. The first-order valence-electron chi connectivity index (χ1n) is 6.34. The van der Waals surface area contributed by atoms with Gasteiger partial charge in [-0.25, -0.2) is 4.79 Å². The van der Waals surface area contributed by atoms with Crippen LogP contribution in [0.1, 0.15) is 43.5 Å². The predicted molar refractivity (Wildman–Crippen MR) is 67.8 cm³/mol. The summed E-state index contributed by atoms with van der Waals surface area (Å²) in [6.07, 6.45) is 4.54. The van der Waals surface area contributed by atoms with Crippen LogP contribution in [-0.4, -0.2) is 15.3 Å². The third-order valence-corrected chi connectivity index (χ3v) is 3.90. The third-order valence-electron chi connectivity index (χ3n) is 3.90. The van der Waals surface area contributed by atoms with Crippen molar-refractivity contribution in [3.8, 4) is 0 Å². The van der Waals surface area contributed by atoms with Gasteiger partial charge >= 0.3 is 5.69 Å². The van der Waals surface area contributed by atoms with Crippen molar-refractivity contribution in [3.05, 3.63) is 32.6 Å². The van der Waals surface area contributed by atoms with Crippen LogP contribution in [0.4, 0.5) is 0 Å². The molecule has 1 heterocycles. The fourth-order valence-electron chi connectivity index (χ4n) is 2.66. The van der Waals surface area contributed by atoms with E-state index < -0.39 is 11.2 Å². The summed E-state index contributed by atoms with van der Waals surface area (Å²) < 4.78 is 1.17. The van der Waals surface area contributed by atoms with Crippen LogP contribution < -0.4 is 11.2 Å². The average molecular weight is 250 g/mol. The van der Waals surface area contributed by atoms with E-state index >= 15 is 0 Å². The van der Waals surface area contributed by atoms with E-state index in [2.05, 4.69) is 11.9 Å². The van der Waals surface area contributed by atoms with E-state index in [1.54, 1.807) is 0 Å². The topological polar surface area (TPSA) is 71.9 Å². The Hall–Kier alpha value is -1.65. The van der Waals surface area contributed by atoms with E-state index in [9.17, 15) is 14.4 Å². The molecular weight excluding hydrogens is 232 g/mol. The lowest BCUT2D eigenvalue weighted by atomic mass is 9.98. The van der Waals surface area contributed by atoms with Crippen molar-refractivity contribution in [1.82, 2.24) is 9.55 Å². The molecule has 1 aliphatic carbocycles. The second-order valence-electron chi connectivity index (χ2n) is 5.15. The Bertz CT molecular complexity index is 570. The number of aromatic amines is 1. The Morgan fingerprint density at radius 1 is 1.44 bits per heavy atom. The molecule has 1 N–H and O–H groups in total. The third kappa shape index (κ3) is 2.30. The first kappa shape index (κ1) is 12.8. The van der Waals surface area contributed by atoms with Crippen molar-refractivity contribution in [1.29, 1.82) is 0 Å². The number of nitrogens with zero attached hydrogens (tertiary/aromatic N) is 1. The van der Waals surface area contributed by atoms with Gasteiger partial charge < -0.3 is 4.98 Å². The zero-order valence-electron chi connectivity index (χ0n) is 10.7. The lowest BCUT2D eigenvalue weighted by Gasteiger charge is -2.16. The van der Waals surface area contributed by atoms with Gasteiger partial charge in [-0.1, -0.05) is 19.8 Å². The number of ketones is 1.